The van der Waals surface area contributed by atoms with E-state index in [2.05, 4.69) is 46.7 Å². The molecule has 1 unspecified atom stereocenters. The Hall–Kier alpha value is -0.100. The highest BCUT2D eigenvalue weighted by molar-refractivity contribution is 9.09. The number of nitrogens with zero attached hydrogens (tertiary/aromatic N) is 3. The summed E-state index contributed by atoms with van der Waals surface area (Å²) in [6.45, 7) is 8.99. The van der Waals surface area contributed by atoms with Gasteiger partial charge in [-0.05, 0) is 20.3 Å². The van der Waals surface area contributed by atoms with Crippen molar-refractivity contribution in [3.63, 3.8) is 0 Å². The van der Waals surface area contributed by atoms with Gasteiger partial charge in [-0.25, -0.2) is 0 Å². The first-order valence-electron chi connectivity index (χ1n) is 7.02. The summed E-state index contributed by atoms with van der Waals surface area (Å²) in [6, 6.07) is 0. The zero-order chi connectivity index (χ0) is 14.9. The van der Waals surface area contributed by atoms with Crippen LogP contribution in [0.5, 0.6) is 0 Å². The van der Waals surface area contributed by atoms with Gasteiger partial charge in [-0.3, -0.25) is 9.58 Å². The molecule has 0 aliphatic carbocycles. The highest BCUT2D eigenvalue weighted by atomic mass is 79.9. The summed E-state index contributed by atoms with van der Waals surface area (Å²) in [6.07, 6.45) is 1.09. The topological polar surface area (TPSA) is 30.3 Å². The lowest BCUT2D eigenvalue weighted by Crippen LogP contribution is -2.52. The molecule has 1 aliphatic heterocycles. The molecule has 0 N–H and O–H groups in total. The van der Waals surface area contributed by atoms with Gasteiger partial charge in [-0.2, -0.15) is 5.10 Å². The third-order valence-corrected chi connectivity index (χ3v) is 4.76. The Bertz CT molecular complexity index is 475. The summed E-state index contributed by atoms with van der Waals surface area (Å²) in [4.78, 5) is 2.40. The first-order valence-corrected chi connectivity index (χ1v) is 8.52. The highest BCUT2D eigenvalue weighted by Crippen LogP contribution is 2.27. The molecular formula is C14H23BrClN3O. The van der Waals surface area contributed by atoms with Gasteiger partial charge < -0.3 is 4.74 Å². The number of morpholine rings is 1. The van der Waals surface area contributed by atoms with E-state index in [0.717, 1.165) is 47.8 Å². The van der Waals surface area contributed by atoms with Crippen LogP contribution in [-0.4, -0.2) is 44.8 Å². The third kappa shape index (κ3) is 3.56. The van der Waals surface area contributed by atoms with Crippen LogP contribution >= 0.6 is 27.5 Å². The van der Waals surface area contributed by atoms with E-state index in [1.165, 1.54) is 0 Å². The molecule has 1 aromatic rings. The fourth-order valence-electron chi connectivity index (χ4n) is 2.82. The molecule has 0 spiro atoms. The van der Waals surface area contributed by atoms with Gasteiger partial charge in [-0.15, -0.1) is 0 Å². The number of hydrogen-bond acceptors (Lipinski definition) is 3. The zero-order valence-electron chi connectivity index (χ0n) is 12.6. The maximum atomic E-state index is 6.44. The van der Waals surface area contributed by atoms with E-state index < -0.39 is 0 Å². The van der Waals surface area contributed by atoms with Crippen molar-refractivity contribution in [3.05, 3.63) is 16.4 Å². The standard InChI is InChI=1S/C14H23BrClN3O/c1-5-11-13(16)12(18(4)17-11)8-19-7-10(6-15)20-14(2,3)9-19/h10H,5-9H2,1-4H3. The number of alkyl halides is 1. The Labute approximate surface area is 134 Å². The van der Waals surface area contributed by atoms with Crippen LogP contribution in [-0.2, 0) is 24.8 Å². The molecule has 2 heterocycles. The van der Waals surface area contributed by atoms with Crippen LogP contribution in [0.4, 0.5) is 0 Å². The normalized spacial score (nSPS) is 23.2. The fraction of sp³-hybridized carbons (Fsp3) is 0.786. The summed E-state index contributed by atoms with van der Waals surface area (Å²) in [5.74, 6) is 0. The second-order valence-corrected chi connectivity index (χ2v) is 7.03. The molecule has 2 rings (SSSR count). The Morgan fingerprint density at radius 1 is 1.50 bits per heavy atom. The minimum Gasteiger partial charge on any atom is -0.369 e. The van der Waals surface area contributed by atoms with Gasteiger partial charge in [0.2, 0.25) is 0 Å². The Morgan fingerprint density at radius 2 is 2.20 bits per heavy atom. The largest absolute Gasteiger partial charge is 0.369 e. The van der Waals surface area contributed by atoms with Crippen molar-refractivity contribution >= 4 is 27.5 Å². The van der Waals surface area contributed by atoms with Gasteiger partial charge in [0, 0.05) is 32.0 Å². The zero-order valence-corrected chi connectivity index (χ0v) is 15.0. The van der Waals surface area contributed by atoms with Gasteiger partial charge in [0.1, 0.15) is 0 Å². The molecule has 0 saturated carbocycles. The van der Waals surface area contributed by atoms with Crippen LogP contribution in [0.1, 0.15) is 32.2 Å². The Balaban J connectivity index is 2.15. The molecule has 0 bridgehead atoms. The lowest BCUT2D eigenvalue weighted by atomic mass is 10.1. The van der Waals surface area contributed by atoms with E-state index in [0.29, 0.717) is 0 Å². The van der Waals surface area contributed by atoms with Crippen molar-refractivity contribution in [2.45, 2.75) is 45.4 Å². The Kier molecular flexibility index (Phi) is 5.16. The van der Waals surface area contributed by atoms with Crippen LogP contribution in [0, 0.1) is 0 Å². The molecule has 0 amide bonds. The van der Waals surface area contributed by atoms with Crippen molar-refractivity contribution in [1.29, 1.82) is 0 Å². The smallest absolute Gasteiger partial charge is 0.0863 e. The lowest BCUT2D eigenvalue weighted by Gasteiger charge is -2.42. The van der Waals surface area contributed by atoms with Gasteiger partial charge in [0.05, 0.1) is 28.1 Å². The lowest BCUT2D eigenvalue weighted by molar-refractivity contribution is -0.128. The van der Waals surface area contributed by atoms with Gasteiger partial charge in [0.15, 0.2) is 0 Å². The number of halogens is 2. The number of aromatic nitrogens is 2. The molecule has 0 radical (unpaired) electrons. The van der Waals surface area contributed by atoms with Crippen molar-refractivity contribution in [3.8, 4) is 0 Å². The molecule has 6 heteroatoms. The molecule has 1 fully saturated rings. The van der Waals surface area contributed by atoms with E-state index >= 15 is 0 Å². The van der Waals surface area contributed by atoms with Crippen molar-refractivity contribution in [1.82, 2.24) is 14.7 Å². The molecule has 1 aromatic heterocycles. The molecular weight excluding hydrogens is 342 g/mol. The third-order valence-electron chi connectivity index (χ3n) is 3.60. The van der Waals surface area contributed by atoms with Crippen molar-refractivity contribution in [2.75, 3.05) is 18.4 Å². The predicted molar refractivity (Wildman–Crippen MR) is 85.6 cm³/mol. The van der Waals surface area contributed by atoms with Crippen LogP contribution in [0.3, 0.4) is 0 Å². The molecule has 0 aromatic carbocycles. The first kappa shape index (κ1) is 16.3. The second-order valence-electron chi connectivity index (χ2n) is 6.01. The molecule has 1 atom stereocenters. The molecule has 20 heavy (non-hydrogen) atoms. The molecule has 114 valence electrons. The average Bonchev–Trinajstić information content (AvgIpc) is 2.64. The summed E-state index contributed by atoms with van der Waals surface area (Å²) in [7, 11) is 1.97. The predicted octanol–water partition coefficient (Wildman–Crippen LogP) is 3.01. The number of hydrogen-bond donors (Lipinski definition) is 0. The van der Waals surface area contributed by atoms with Gasteiger partial charge >= 0.3 is 0 Å². The maximum absolute atomic E-state index is 6.44. The molecule has 1 aliphatic rings. The van der Waals surface area contributed by atoms with Crippen molar-refractivity contribution < 1.29 is 4.74 Å². The van der Waals surface area contributed by atoms with E-state index in [1.807, 2.05) is 11.7 Å². The summed E-state index contributed by atoms with van der Waals surface area (Å²) in [5, 5.41) is 6.16. The minimum atomic E-state index is -0.130. The SMILES string of the molecule is CCc1nn(C)c(CN2CC(CBr)OC(C)(C)C2)c1Cl. The van der Waals surface area contributed by atoms with Crippen LogP contribution in [0.25, 0.3) is 0 Å². The van der Waals surface area contributed by atoms with E-state index in [4.69, 9.17) is 16.3 Å². The minimum absolute atomic E-state index is 0.130. The maximum Gasteiger partial charge on any atom is 0.0863 e. The average molecular weight is 365 g/mol. The van der Waals surface area contributed by atoms with E-state index in [-0.39, 0.29) is 11.7 Å². The van der Waals surface area contributed by atoms with Crippen LogP contribution < -0.4 is 0 Å². The van der Waals surface area contributed by atoms with E-state index in [1.54, 1.807) is 0 Å². The molecule has 1 saturated heterocycles. The fourth-order valence-corrected chi connectivity index (χ4v) is 3.51. The summed E-state index contributed by atoms with van der Waals surface area (Å²) < 4.78 is 7.94. The van der Waals surface area contributed by atoms with Crippen LogP contribution in [0.15, 0.2) is 0 Å². The molecule has 4 nitrogen and oxygen atoms in total. The van der Waals surface area contributed by atoms with E-state index in [9.17, 15) is 0 Å². The number of ether oxygens (including phenoxy) is 1. The first-order chi connectivity index (χ1) is 9.36. The Morgan fingerprint density at radius 3 is 2.75 bits per heavy atom. The quantitative estimate of drug-likeness (QED) is 0.769. The summed E-state index contributed by atoms with van der Waals surface area (Å²) >= 11 is 9.96. The van der Waals surface area contributed by atoms with Crippen molar-refractivity contribution in [2.24, 2.45) is 7.05 Å². The van der Waals surface area contributed by atoms with Gasteiger partial charge in [0.25, 0.3) is 0 Å². The van der Waals surface area contributed by atoms with Crippen LogP contribution in [0.2, 0.25) is 5.02 Å². The van der Waals surface area contributed by atoms with Gasteiger partial charge in [-0.1, -0.05) is 34.5 Å². The number of rotatable bonds is 4. The number of aryl methyl sites for hydroxylation is 2. The second kappa shape index (κ2) is 6.34. The monoisotopic (exact) mass is 363 g/mol. The highest BCUT2D eigenvalue weighted by Gasteiger charge is 2.33. The summed E-state index contributed by atoms with van der Waals surface area (Å²) in [5.41, 5.74) is 1.94.